The lowest BCUT2D eigenvalue weighted by Gasteiger charge is -2.08. The third kappa shape index (κ3) is 4.77. The van der Waals surface area contributed by atoms with Crippen LogP contribution in [0.1, 0.15) is 11.1 Å². The van der Waals surface area contributed by atoms with Gasteiger partial charge in [0.2, 0.25) is 0 Å². The van der Waals surface area contributed by atoms with Crippen molar-refractivity contribution in [2.24, 2.45) is 0 Å². The lowest BCUT2D eigenvalue weighted by molar-refractivity contribution is 0.251. The topological polar surface area (TPSA) is 79.0 Å². The zero-order valence-corrected chi connectivity index (χ0v) is 16.1. The maximum Gasteiger partial charge on any atom is 0.320 e. The van der Waals surface area contributed by atoms with Crippen LogP contribution in [-0.4, -0.2) is 16.2 Å². The largest absolute Gasteiger partial charge is 0.489 e. The standard InChI is InChI=1S/C22H17F3N4O2/c23-14-6-4-13(5-7-14)11-26-22(30)27-21-16-9-8-15(10-20(16)28-29-21)31-12-17-18(24)2-1-3-19(17)25/h1-10H,11-12H2,(H3,26,27,28,29,30). The first kappa shape index (κ1) is 20.3. The van der Waals surface area contributed by atoms with E-state index in [0.29, 0.717) is 22.5 Å². The van der Waals surface area contributed by atoms with Gasteiger partial charge in [-0.1, -0.05) is 18.2 Å². The number of ether oxygens (including phenoxy) is 1. The van der Waals surface area contributed by atoms with Crippen LogP contribution in [0, 0.1) is 17.5 Å². The van der Waals surface area contributed by atoms with Gasteiger partial charge >= 0.3 is 6.03 Å². The lowest BCUT2D eigenvalue weighted by atomic mass is 10.2. The van der Waals surface area contributed by atoms with Gasteiger partial charge in [-0.25, -0.2) is 18.0 Å². The molecule has 0 spiro atoms. The molecule has 4 rings (SSSR count). The van der Waals surface area contributed by atoms with Crippen LogP contribution < -0.4 is 15.4 Å². The predicted octanol–water partition coefficient (Wildman–Crippen LogP) is 4.88. The second kappa shape index (κ2) is 8.78. The lowest BCUT2D eigenvalue weighted by Crippen LogP contribution is -2.28. The SMILES string of the molecule is O=C(NCc1ccc(F)cc1)Nc1n[nH]c2cc(OCc3c(F)cccc3F)ccc12. The molecule has 0 saturated heterocycles. The first-order valence-electron chi connectivity index (χ1n) is 9.33. The zero-order valence-electron chi connectivity index (χ0n) is 16.1. The second-order valence-corrected chi connectivity index (χ2v) is 6.70. The number of aromatic nitrogens is 2. The Morgan fingerprint density at radius 3 is 2.48 bits per heavy atom. The van der Waals surface area contributed by atoms with Crippen LogP contribution in [0.2, 0.25) is 0 Å². The Morgan fingerprint density at radius 1 is 1.00 bits per heavy atom. The number of H-pyrrole nitrogens is 1. The Balaban J connectivity index is 1.39. The molecule has 0 saturated carbocycles. The summed E-state index contributed by atoms with van der Waals surface area (Å²) < 4.78 is 45.9. The van der Waals surface area contributed by atoms with E-state index in [9.17, 15) is 18.0 Å². The Morgan fingerprint density at radius 2 is 1.74 bits per heavy atom. The molecule has 2 amide bonds. The number of hydrogen-bond acceptors (Lipinski definition) is 3. The molecule has 31 heavy (non-hydrogen) atoms. The summed E-state index contributed by atoms with van der Waals surface area (Å²) in [5, 5.41) is 12.8. The van der Waals surface area contributed by atoms with E-state index >= 15 is 0 Å². The van der Waals surface area contributed by atoms with Crippen LogP contribution in [-0.2, 0) is 13.2 Å². The Kier molecular flexibility index (Phi) is 5.74. The van der Waals surface area contributed by atoms with Gasteiger partial charge < -0.3 is 10.1 Å². The number of fused-ring (bicyclic) bond motifs is 1. The van der Waals surface area contributed by atoms with Crippen molar-refractivity contribution in [2.45, 2.75) is 13.2 Å². The molecule has 6 nitrogen and oxygen atoms in total. The van der Waals surface area contributed by atoms with Crippen molar-refractivity contribution in [1.29, 1.82) is 0 Å². The molecule has 0 fully saturated rings. The smallest absolute Gasteiger partial charge is 0.320 e. The van der Waals surface area contributed by atoms with E-state index in [4.69, 9.17) is 4.74 Å². The number of anilines is 1. The molecule has 158 valence electrons. The fourth-order valence-corrected chi connectivity index (χ4v) is 2.95. The minimum Gasteiger partial charge on any atom is -0.489 e. The van der Waals surface area contributed by atoms with E-state index in [-0.39, 0.29) is 24.5 Å². The van der Waals surface area contributed by atoms with Gasteiger partial charge in [-0.3, -0.25) is 10.4 Å². The highest BCUT2D eigenvalue weighted by Gasteiger charge is 2.12. The van der Waals surface area contributed by atoms with Crippen LogP contribution in [0.5, 0.6) is 5.75 Å². The predicted molar refractivity (Wildman–Crippen MR) is 109 cm³/mol. The van der Waals surface area contributed by atoms with Gasteiger partial charge in [-0.05, 0) is 42.0 Å². The second-order valence-electron chi connectivity index (χ2n) is 6.70. The summed E-state index contributed by atoms with van der Waals surface area (Å²) in [5.41, 5.74) is 1.16. The highest BCUT2D eigenvalue weighted by molar-refractivity contribution is 5.99. The summed E-state index contributed by atoms with van der Waals surface area (Å²) in [6, 6.07) is 13.8. The van der Waals surface area contributed by atoms with Gasteiger partial charge in [0.25, 0.3) is 0 Å². The molecule has 0 atom stereocenters. The minimum atomic E-state index is -0.680. The molecule has 0 unspecified atom stereocenters. The highest BCUT2D eigenvalue weighted by atomic mass is 19.1. The molecule has 0 radical (unpaired) electrons. The molecule has 0 bridgehead atoms. The van der Waals surface area contributed by atoms with Crippen LogP contribution >= 0.6 is 0 Å². The summed E-state index contributed by atoms with van der Waals surface area (Å²) in [6.45, 7) is -0.0475. The van der Waals surface area contributed by atoms with Crippen LogP contribution in [0.15, 0.2) is 60.7 Å². The summed E-state index contributed by atoms with van der Waals surface area (Å²) in [5.74, 6) is -1.02. The van der Waals surface area contributed by atoms with Crippen molar-refractivity contribution in [3.8, 4) is 5.75 Å². The fraction of sp³-hybridized carbons (Fsp3) is 0.0909. The number of aromatic amines is 1. The summed E-state index contributed by atoms with van der Waals surface area (Å²) in [7, 11) is 0. The summed E-state index contributed by atoms with van der Waals surface area (Å²) >= 11 is 0. The average Bonchev–Trinajstić information content (AvgIpc) is 3.15. The molecule has 1 heterocycles. The number of urea groups is 1. The maximum absolute atomic E-state index is 13.7. The number of hydrogen-bond donors (Lipinski definition) is 3. The van der Waals surface area contributed by atoms with E-state index in [1.54, 1.807) is 30.3 Å². The van der Waals surface area contributed by atoms with Crippen LogP contribution in [0.3, 0.4) is 0 Å². The monoisotopic (exact) mass is 426 g/mol. The number of nitrogens with zero attached hydrogens (tertiary/aromatic N) is 1. The number of amides is 2. The Hall–Kier alpha value is -4.01. The van der Waals surface area contributed by atoms with Crippen molar-refractivity contribution in [3.63, 3.8) is 0 Å². The van der Waals surface area contributed by atoms with E-state index in [1.807, 2.05) is 0 Å². The number of carbonyl (C=O) groups is 1. The van der Waals surface area contributed by atoms with E-state index in [2.05, 4.69) is 20.8 Å². The number of benzene rings is 3. The molecule has 1 aromatic heterocycles. The van der Waals surface area contributed by atoms with E-state index in [1.165, 1.54) is 30.3 Å². The zero-order chi connectivity index (χ0) is 21.8. The van der Waals surface area contributed by atoms with Gasteiger partial charge in [0.15, 0.2) is 5.82 Å². The minimum absolute atomic E-state index is 0.160. The summed E-state index contributed by atoms with van der Waals surface area (Å²) in [4.78, 5) is 12.1. The summed E-state index contributed by atoms with van der Waals surface area (Å²) in [6.07, 6.45) is 0. The third-order valence-corrected chi connectivity index (χ3v) is 4.58. The number of nitrogens with one attached hydrogen (secondary N) is 3. The number of carbonyl (C=O) groups excluding carboxylic acids is 1. The van der Waals surface area contributed by atoms with Crippen LogP contribution in [0.25, 0.3) is 10.9 Å². The maximum atomic E-state index is 13.7. The molecule has 0 aliphatic heterocycles. The van der Waals surface area contributed by atoms with Gasteiger partial charge in [-0.15, -0.1) is 0 Å². The van der Waals surface area contributed by atoms with Gasteiger partial charge in [0.05, 0.1) is 11.1 Å². The number of halogens is 3. The molecule has 0 aliphatic carbocycles. The van der Waals surface area contributed by atoms with Gasteiger partial charge in [0, 0.05) is 18.0 Å². The molecule has 3 aromatic carbocycles. The van der Waals surface area contributed by atoms with Crippen molar-refractivity contribution in [3.05, 3.63) is 89.2 Å². The number of rotatable bonds is 6. The quantitative estimate of drug-likeness (QED) is 0.411. The van der Waals surface area contributed by atoms with E-state index < -0.39 is 17.7 Å². The first-order chi connectivity index (χ1) is 15.0. The molecular weight excluding hydrogens is 409 g/mol. The first-order valence-corrected chi connectivity index (χ1v) is 9.33. The van der Waals surface area contributed by atoms with Crippen molar-refractivity contribution in [2.75, 3.05) is 5.32 Å². The third-order valence-electron chi connectivity index (χ3n) is 4.58. The molecule has 3 N–H and O–H groups in total. The molecule has 0 aliphatic rings. The van der Waals surface area contributed by atoms with Gasteiger partial charge in [0.1, 0.15) is 29.8 Å². The van der Waals surface area contributed by atoms with Gasteiger partial charge in [-0.2, -0.15) is 5.10 Å². The van der Waals surface area contributed by atoms with Crippen LogP contribution in [0.4, 0.5) is 23.8 Å². The van der Waals surface area contributed by atoms with Crippen molar-refractivity contribution < 1.29 is 22.7 Å². The van der Waals surface area contributed by atoms with E-state index in [0.717, 1.165) is 5.56 Å². The Bertz CT molecular complexity index is 1210. The average molecular weight is 426 g/mol. The molecule has 4 aromatic rings. The fourth-order valence-electron chi connectivity index (χ4n) is 2.95. The van der Waals surface area contributed by atoms with Crippen molar-refractivity contribution in [1.82, 2.24) is 15.5 Å². The van der Waals surface area contributed by atoms with Crippen molar-refractivity contribution >= 4 is 22.8 Å². The molecule has 9 heteroatoms. The molecular formula is C22H17F3N4O2. The Labute approximate surface area is 175 Å². The highest BCUT2D eigenvalue weighted by Crippen LogP contribution is 2.26. The normalized spacial score (nSPS) is 10.8.